The number of hydrogen-bond donors (Lipinski definition) is 1. The van der Waals surface area contributed by atoms with E-state index in [9.17, 15) is 4.79 Å². The highest BCUT2D eigenvalue weighted by atomic mass is 16.4. The van der Waals surface area contributed by atoms with E-state index in [1.165, 1.54) is 5.56 Å². The van der Waals surface area contributed by atoms with Gasteiger partial charge in [-0.1, -0.05) is 41.9 Å². The van der Waals surface area contributed by atoms with Crippen molar-refractivity contribution in [2.75, 3.05) is 13.6 Å². The second-order valence-electron chi connectivity index (χ2n) is 4.74. The van der Waals surface area contributed by atoms with Crippen LogP contribution >= 0.6 is 0 Å². The molecule has 0 unspecified atom stereocenters. The van der Waals surface area contributed by atoms with Crippen LogP contribution in [0.25, 0.3) is 0 Å². The molecular formula is C15H22N2O2. The quantitative estimate of drug-likeness (QED) is 0.322. The van der Waals surface area contributed by atoms with Gasteiger partial charge in [-0.15, -0.1) is 0 Å². The standard InChI is InChI=1S/C15H22N2O2/c1-17(13-14-8-4-2-5-9-14)11-7-3-6-10-15(18)12-16-19/h2,4-5,8-9,12,19H,3,6-7,10-11,13H2,1H3/b16-12+. The first-order chi connectivity index (χ1) is 9.22. The van der Waals surface area contributed by atoms with Crippen molar-refractivity contribution in [2.24, 2.45) is 5.16 Å². The second-order valence-corrected chi connectivity index (χ2v) is 4.74. The van der Waals surface area contributed by atoms with Crippen LogP contribution in [0.3, 0.4) is 0 Å². The van der Waals surface area contributed by atoms with E-state index in [4.69, 9.17) is 5.21 Å². The lowest BCUT2D eigenvalue weighted by Gasteiger charge is -2.16. The smallest absolute Gasteiger partial charge is 0.177 e. The summed E-state index contributed by atoms with van der Waals surface area (Å²) in [5, 5.41) is 10.9. The number of benzene rings is 1. The fourth-order valence-electron chi connectivity index (χ4n) is 1.96. The Hall–Kier alpha value is -1.68. The van der Waals surface area contributed by atoms with Crippen molar-refractivity contribution < 1.29 is 10.0 Å². The molecule has 104 valence electrons. The predicted molar refractivity (Wildman–Crippen MR) is 76.5 cm³/mol. The van der Waals surface area contributed by atoms with E-state index in [-0.39, 0.29) is 5.78 Å². The highest BCUT2D eigenvalue weighted by Crippen LogP contribution is 2.05. The summed E-state index contributed by atoms with van der Waals surface area (Å²) < 4.78 is 0. The number of carbonyl (C=O) groups excluding carboxylic acids is 1. The zero-order valence-electron chi connectivity index (χ0n) is 11.5. The Bertz CT molecular complexity index is 390. The molecule has 0 radical (unpaired) electrons. The van der Waals surface area contributed by atoms with E-state index in [0.717, 1.165) is 38.6 Å². The van der Waals surface area contributed by atoms with Crippen molar-refractivity contribution in [1.29, 1.82) is 0 Å². The van der Waals surface area contributed by atoms with Crippen LogP contribution in [0.15, 0.2) is 35.5 Å². The van der Waals surface area contributed by atoms with Gasteiger partial charge in [-0.25, -0.2) is 0 Å². The Morgan fingerprint density at radius 2 is 2.00 bits per heavy atom. The summed E-state index contributed by atoms with van der Waals surface area (Å²) in [4.78, 5) is 13.3. The summed E-state index contributed by atoms with van der Waals surface area (Å²) in [6, 6.07) is 10.4. The van der Waals surface area contributed by atoms with E-state index >= 15 is 0 Å². The topological polar surface area (TPSA) is 52.9 Å². The lowest BCUT2D eigenvalue weighted by molar-refractivity contribution is -0.112. The molecule has 19 heavy (non-hydrogen) atoms. The molecular weight excluding hydrogens is 240 g/mol. The van der Waals surface area contributed by atoms with E-state index in [0.29, 0.717) is 6.42 Å². The molecule has 0 aliphatic carbocycles. The van der Waals surface area contributed by atoms with Crippen molar-refractivity contribution in [2.45, 2.75) is 32.2 Å². The molecule has 0 aromatic heterocycles. The normalized spacial score (nSPS) is 11.3. The monoisotopic (exact) mass is 262 g/mol. The maximum Gasteiger partial charge on any atom is 0.177 e. The molecule has 1 aromatic rings. The van der Waals surface area contributed by atoms with Crippen LogP contribution in [0.2, 0.25) is 0 Å². The van der Waals surface area contributed by atoms with Crippen molar-refractivity contribution in [3.63, 3.8) is 0 Å². The van der Waals surface area contributed by atoms with Crippen LogP contribution in [0.1, 0.15) is 31.2 Å². The van der Waals surface area contributed by atoms with Crippen LogP contribution < -0.4 is 0 Å². The lowest BCUT2D eigenvalue weighted by Crippen LogP contribution is -2.19. The lowest BCUT2D eigenvalue weighted by atomic mass is 10.1. The number of ketones is 1. The molecule has 0 aliphatic heterocycles. The minimum Gasteiger partial charge on any atom is -0.411 e. The Morgan fingerprint density at radius 1 is 1.26 bits per heavy atom. The molecule has 0 aliphatic rings. The number of carbonyl (C=O) groups is 1. The molecule has 0 bridgehead atoms. The van der Waals surface area contributed by atoms with Gasteiger partial charge < -0.3 is 10.1 Å². The Kier molecular flexibility index (Phi) is 7.51. The van der Waals surface area contributed by atoms with E-state index in [1.807, 2.05) is 6.07 Å². The van der Waals surface area contributed by atoms with E-state index in [1.54, 1.807) is 0 Å². The number of Topliss-reactive ketones (excluding diaryl/α,β-unsaturated/α-hetero) is 1. The minimum atomic E-state index is -0.111. The zero-order chi connectivity index (χ0) is 13.9. The van der Waals surface area contributed by atoms with Crippen molar-refractivity contribution in [3.8, 4) is 0 Å². The fraction of sp³-hybridized carbons (Fsp3) is 0.467. The second kappa shape index (κ2) is 9.28. The molecule has 0 saturated heterocycles. The van der Waals surface area contributed by atoms with Crippen LogP contribution in [-0.2, 0) is 11.3 Å². The van der Waals surface area contributed by atoms with Crippen LogP contribution in [-0.4, -0.2) is 35.7 Å². The van der Waals surface area contributed by atoms with Crippen LogP contribution in [0.5, 0.6) is 0 Å². The summed E-state index contributed by atoms with van der Waals surface area (Å²) >= 11 is 0. The van der Waals surface area contributed by atoms with Crippen molar-refractivity contribution >= 4 is 12.0 Å². The Morgan fingerprint density at radius 3 is 2.68 bits per heavy atom. The highest BCUT2D eigenvalue weighted by molar-refractivity contribution is 6.27. The Balaban J connectivity index is 2.08. The van der Waals surface area contributed by atoms with Gasteiger partial charge in [0.2, 0.25) is 0 Å². The van der Waals surface area contributed by atoms with Crippen molar-refractivity contribution in [1.82, 2.24) is 4.90 Å². The van der Waals surface area contributed by atoms with Gasteiger partial charge in [0.1, 0.15) is 6.21 Å². The summed E-state index contributed by atoms with van der Waals surface area (Å²) in [5.41, 5.74) is 1.32. The third-order valence-corrected chi connectivity index (χ3v) is 2.96. The summed E-state index contributed by atoms with van der Waals surface area (Å²) in [6.45, 7) is 1.98. The van der Waals surface area contributed by atoms with Gasteiger partial charge in [-0.3, -0.25) is 4.79 Å². The third kappa shape index (κ3) is 7.36. The summed E-state index contributed by atoms with van der Waals surface area (Å²) in [5.74, 6) is -0.111. The Labute approximate surface area is 114 Å². The SMILES string of the molecule is CN(CCCCCC(=O)/C=N/O)Cc1ccccc1. The van der Waals surface area contributed by atoms with E-state index < -0.39 is 0 Å². The van der Waals surface area contributed by atoms with Gasteiger partial charge in [-0.05, 0) is 32.0 Å². The molecule has 4 heteroatoms. The number of oxime groups is 1. The first-order valence-corrected chi connectivity index (χ1v) is 6.65. The molecule has 1 N–H and O–H groups in total. The number of unbranched alkanes of at least 4 members (excludes halogenated alkanes) is 2. The van der Waals surface area contributed by atoms with Gasteiger partial charge in [0, 0.05) is 13.0 Å². The number of nitrogens with zero attached hydrogens (tertiary/aromatic N) is 2. The maximum atomic E-state index is 11.1. The van der Waals surface area contributed by atoms with Gasteiger partial charge in [0.05, 0.1) is 0 Å². The zero-order valence-corrected chi connectivity index (χ0v) is 11.5. The molecule has 4 nitrogen and oxygen atoms in total. The molecule has 0 fully saturated rings. The summed E-state index contributed by atoms with van der Waals surface area (Å²) in [6.07, 6.45) is 4.38. The molecule has 0 saturated carbocycles. The number of hydrogen-bond acceptors (Lipinski definition) is 4. The molecule has 1 rings (SSSR count). The van der Waals surface area contributed by atoms with Gasteiger partial charge in [-0.2, -0.15) is 0 Å². The molecule has 0 atom stereocenters. The first-order valence-electron chi connectivity index (χ1n) is 6.65. The molecule has 1 aromatic carbocycles. The average molecular weight is 262 g/mol. The third-order valence-electron chi connectivity index (χ3n) is 2.96. The number of rotatable bonds is 9. The molecule has 0 spiro atoms. The average Bonchev–Trinajstić information content (AvgIpc) is 2.40. The largest absolute Gasteiger partial charge is 0.411 e. The summed E-state index contributed by atoms with van der Waals surface area (Å²) in [7, 11) is 2.11. The highest BCUT2D eigenvalue weighted by Gasteiger charge is 2.01. The molecule has 0 amide bonds. The minimum absolute atomic E-state index is 0.111. The van der Waals surface area contributed by atoms with Gasteiger partial charge in [0.25, 0.3) is 0 Å². The van der Waals surface area contributed by atoms with Crippen molar-refractivity contribution in [3.05, 3.63) is 35.9 Å². The van der Waals surface area contributed by atoms with E-state index in [2.05, 4.69) is 41.4 Å². The van der Waals surface area contributed by atoms with Gasteiger partial charge in [0.15, 0.2) is 5.78 Å². The first kappa shape index (κ1) is 15.4. The fourth-order valence-corrected chi connectivity index (χ4v) is 1.96. The van der Waals surface area contributed by atoms with Crippen LogP contribution in [0.4, 0.5) is 0 Å². The predicted octanol–water partition coefficient (Wildman–Crippen LogP) is 2.71. The van der Waals surface area contributed by atoms with Gasteiger partial charge >= 0.3 is 0 Å². The molecule has 0 heterocycles. The maximum absolute atomic E-state index is 11.1. The van der Waals surface area contributed by atoms with Crippen LogP contribution in [0, 0.1) is 0 Å².